The van der Waals surface area contributed by atoms with E-state index < -0.39 is 0 Å². The molecule has 10 heteroatoms. The number of likely N-dealkylation sites (N-methyl/N-ethyl adjacent to an activating group) is 1. The molecule has 0 unspecified atom stereocenters. The lowest BCUT2D eigenvalue weighted by atomic mass is 9.99. The average molecular weight is 604 g/mol. The standard InChI is InChI=1S/C33H45N7O2S/c1-23-7-4-8-24-9-5-11-29(30(23)24)40-19-14-27-28(21-40)36-32(42-22-26-10-6-16-38(26)2)37-31(27)39-17-12-25(13-18-39)35-33(43)34-15-20-41-3/h4-5,7-9,11,25-26H,6,10,12-22H2,1-3H3,(H2,34,35,43)/t26-/m0/s1. The van der Waals surface area contributed by atoms with Crippen molar-refractivity contribution in [2.75, 3.05) is 69.9 Å². The van der Waals surface area contributed by atoms with Crippen molar-refractivity contribution >= 4 is 39.6 Å². The fourth-order valence-electron chi connectivity index (χ4n) is 6.79. The third kappa shape index (κ3) is 6.81. The van der Waals surface area contributed by atoms with Crippen LogP contribution >= 0.6 is 12.2 Å². The van der Waals surface area contributed by atoms with Gasteiger partial charge in [0.2, 0.25) is 0 Å². The number of rotatable bonds is 9. The minimum Gasteiger partial charge on any atom is -0.462 e. The maximum absolute atomic E-state index is 6.35. The number of thiocarbonyl (C=S) groups is 1. The molecule has 43 heavy (non-hydrogen) atoms. The first kappa shape index (κ1) is 29.8. The van der Waals surface area contributed by atoms with Gasteiger partial charge >= 0.3 is 6.01 Å². The van der Waals surface area contributed by atoms with Crippen molar-refractivity contribution in [3.8, 4) is 6.01 Å². The Morgan fingerprint density at radius 3 is 2.60 bits per heavy atom. The van der Waals surface area contributed by atoms with Gasteiger partial charge in [-0.25, -0.2) is 0 Å². The van der Waals surface area contributed by atoms with Crippen LogP contribution in [0.5, 0.6) is 6.01 Å². The number of nitrogens with one attached hydrogen (secondary N) is 2. The highest BCUT2D eigenvalue weighted by Gasteiger charge is 2.30. The van der Waals surface area contributed by atoms with E-state index in [1.165, 1.54) is 34.0 Å². The number of methoxy groups -OCH3 is 1. The van der Waals surface area contributed by atoms with Gasteiger partial charge < -0.3 is 34.8 Å². The number of aryl methyl sites for hydroxylation is 1. The lowest BCUT2D eigenvalue weighted by Gasteiger charge is -2.37. The van der Waals surface area contributed by atoms with E-state index in [0.717, 1.165) is 69.9 Å². The Kier molecular flexibility index (Phi) is 9.45. The monoisotopic (exact) mass is 603 g/mol. The zero-order chi connectivity index (χ0) is 29.8. The number of nitrogens with zero attached hydrogens (tertiary/aromatic N) is 5. The van der Waals surface area contributed by atoms with Crippen molar-refractivity contribution in [2.24, 2.45) is 0 Å². The Labute approximate surface area is 260 Å². The minimum atomic E-state index is 0.343. The molecule has 2 saturated heterocycles. The van der Waals surface area contributed by atoms with Gasteiger partial charge in [-0.3, -0.25) is 0 Å². The van der Waals surface area contributed by atoms with Crippen LogP contribution in [0.3, 0.4) is 0 Å². The predicted octanol–water partition coefficient (Wildman–Crippen LogP) is 4.05. The number of benzene rings is 2. The highest BCUT2D eigenvalue weighted by Crippen LogP contribution is 2.36. The second-order valence-electron chi connectivity index (χ2n) is 12.1. The van der Waals surface area contributed by atoms with E-state index in [1.807, 2.05) is 0 Å². The smallest absolute Gasteiger partial charge is 0.318 e. The molecule has 0 aliphatic carbocycles. The lowest BCUT2D eigenvalue weighted by Crippen LogP contribution is -2.48. The predicted molar refractivity (Wildman–Crippen MR) is 177 cm³/mol. The van der Waals surface area contributed by atoms with Crippen LogP contribution in [0.15, 0.2) is 36.4 Å². The molecule has 3 aliphatic heterocycles. The zero-order valence-corrected chi connectivity index (χ0v) is 26.6. The number of hydrogen-bond donors (Lipinski definition) is 2. The SMILES string of the molecule is COCCNC(=S)NC1CCN(c2nc(OC[C@@H]3CCCN3C)nc3c2CCN(c2cccc4cccc(C)c24)C3)CC1. The van der Waals surface area contributed by atoms with Crippen LogP contribution in [0.1, 0.15) is 42.5 Å². The lowest BCUT2D eigenvalue weighted by molar-refractivity contribution is 0.187. The van der Waals surface area contributed by atoms with Gasteiger partial charge in [0.15, 0.2) is 5.11 Å². The molecule has 2 aromatic carbocycles. The van der Waals surface area contributed by atoms with Crippen LogP contribution in [-0.4, -0.2) is 92.2 Å². The van der Waals surface area contributed by atoms with Gasteiger partial charge in [0.05, 0.1) is 18.8 Å². The Morgan fingerprint density at radius 2 is 1.84 bits per heavy atom. The van der Waals surface area contributed by atoms with Gasteiger partial charge in [-0.1, -0.05) is 30.3 Å². The number of anilines is 2. The molecule has 230 valence electrons. The molecular weight excluding hydrogens is 558 g/mol. The topological polar surface area (TPSA) is 78.0 Å². The summed E-state index contributed by atoms with van der Waals surface area (Å²) >= 11 is 5.50. The second-order valence-corrected chi connectivity index (χ2v) is 12.5. The van der Waals surface area contributed by atoms with E-state index in [0.29, 0.717) is 43.0 Å². The Hall–Kier alpha value is -3.21. The average Bonchev–Trinajstić information content (AvgIpc) is 3.44. The number of fused-ring (bicyclic) bond motifs is 2. The van der Waals surface area contributed by atoms with Crippen LogP contribution in [0, 0.1) is 6.92 Å². The molecule has 0 saturated carbocycles. The van der Waals surface area contributed by atoms with E-state index >= 15 is 0 Å². The minimum absolute atomic E-state index is 0.343. The normalized spacial score (nSPS) is 19.5. The Balaban J connectivity index is 1.22. The first-order valence-electron chi connectivity index (χ1n) is 15.7. The number of aromatic nitrogens is 2. The van der Waals surface area contributed by atoms with E-state index in [4.69, 9.17) is 31.7 Å². The van der Waals surface area contributed by atoms with E-state index in [2.05, 4.69) is 75.7 Å². The summed E-state index contributed by atoms with van der Waals surface area (Å²) in [6.07, 6.45) is 5.27. The summed E-state index contributed by atoms with van der Waals surface area (Å²) in [6.45, 7) is 8.81. The summed E-state index contributed by atoms with van der Waals surface area (Å²) < 4.78 is 11.5. The van der Waals surface area contributed by atoms with Crippen molar-refractivity contribution < 1.29 is 9.47 Å². The van der Waals surface area contributed by atoms with Crippen LogP contribution in [0.2, 0.25) is 0 Å². The van der Waals surface area contributed by atoms with Crippen molar-refractivity contribution in [3.63, 3.8) is 0 Å². The molecule has 9 nitrogen and oxygen atoms in total. The highest BCUT2D eigenvalue weighted by molar-refractivity contribution is 7.80. The number of piperidine rings is 1. The largest absolute Gasteiger partial charge is 0.462 e. The molecule has 3 aliphatic rings. The molecule has 0 amide bonds. The molecule has 2 fully saturated rings. The van der Waals surface area contributed by atoms with Gasteiger partial charge in [0.1, 0.15) is 12.4 Å². The second kappa shape index (κ2) is 13.6. The first-order chi connectivity index (χ1) is 21.0. The van der Waals surface area contributed by atoms with E-state index in [-0.39, 0.29) is 0 Å². The summed E-state index contributed by atoms with van der Waals surface area (Å²) in [5, 5.41) is 10.0. The maximum atomic E-state index is 6.35. The molecular formula is C33H45N7O2S. The number of ether oxygens (including phenoxy) is 2. The molecule has 4 heterocycles. The first-order valence-corrected chi connectivity index (χ1v) is 16.2. The van der Waals surface area contributed by atoms with Crippen molar-refractivity contribution in [2.45, 2.75) is 57.7 Å². The zero-order valence-electron chi connectivity index (χ0n) is 25.8. The fourth-order valence-corrected chi connectivity index (χ4v) is 7.06. The van der Waals surface area contributed by atoms with Gasteiger partial charge in [-0.2, -0.15) is 9.97 Å². The van der Waals surface area contributed by atoms with Crippen LogP contribution in [-0.2, 0) is 17.7 Å². The molecule has 3 aromatic rings. The quantitative estimate of drug-likeness (QED) is 0.276. The molecule has 6 rings (SSSR count). The van der Waals surface area contributed by atoms with E-state index in [9.17, 15) is 0 Å². The summed E-state index contributed by atoms with van der Waals surface area (Å²) in [6, 6.07) is 14.4. The maximum Gasteiger partial charge on any atom is 0.318 e. The molecule has 2 N–H and O–H groups in total. The molecule has 0 spiro atoms. The Morgan fingerprint density at radius 1 is 1.02 bits per heavy atom. The van der Waals surface area contributed by atoms with Gasteiger partial charge in [0.25, 0.3) is 0 Å². The van der Waals surface area contributed by atoms with Crippen LogP contribution in [0.25, 0.3) is 10.8 Å². The summed E-state index contributed by atoms with van der Waals surface area (Å²) in [4.78, 5) is 17.4. The fraction of sp³-hybridized carbons (Fsp3) is 0.545. The van der Waals surface area contributed by atoms with Crippen molar-refractivity contribution in [1.29, 1.82) is 0 Å². The Bertz CT molecular complexity index is 1420. The number of likely N-dealkylation sites (tertiary alicyclic amines) is 1. The highest BCUT2D eigenvalue weighted by atomic mass is 32.1. The summed E-state index contributed by atoms with van der Waals surface area (Å²) in [5.74, 6) is 1.05. The van der Waals surface area contributed by atoms with Crippen molar-refractivity contribution in [3.05, 3.63) is 53.2 Å². The molecule has 1 atom stereocenters. The van der Waals surface area contributed by atoms with Crippen LogP contribution in [0.4, 0.5) is 11.5 Å². The van der Waals surface area contributed by atoms with E-state index in [1.54, 1.807) is 7.11 Å². The summed E-state index contributed by atoms with van der Waals surface area (Å²) in [7, 11) is 3.88. The van der Waals surface area contributed by atoms with Gasteiger partial charge in [-0.15, -0.1) is 0 Å². The van der Waals surface area contributed by atoms with Crippen LogP contribution < -0.4 is 25.2 Å². The molecule has 1 aromatic heterocycles. The van der Waals surface area contributed by atoms with Gasteiger partial charge in [0, 0.05) is 62.0 Å². The molecule has 0 radical (unpaired) electrons. The summed E-state index contributed by atoms with van der Waals surface area (Å²) in [5.41, 5.74) is 4.93. The molecule has 0 bridgehead atoms. The van der Waals surface area contributed by atoms with Gasteiger partial charge in [-0.05, 0) is 81.9 Å². The third-order valence-corrected chi connectivity index (χ3v) is 9.51. The third-order valence-electron chi connectivity index (χ3n) is 9.25. The van der Waals surface area contributed by atoms with Crippen molar-refractivity contribution in [1.82, 2.24) is 25.5 Å². The number of hydrogen-bond acceptors (Lipinski definition) is 8.